The van der Waals surface area contributed by atoms with E-state index in [-0.39, 0.29) is 0 Å². The van der Waals surface area contributed by atoms with Gasteiger partial charge in [-0.05, 0) is 44.2 Å². The highest BCUT2D eigenvalue weighted by molar-refractivity contribution is 5.69. The normalized spacial score (nSPS) is 18.1. The average molecular weight is 270 g/mol. The maximum Gasteiger partial charge on any atom is 0.0916 e. The lowest BCUT2D eigenvalue weighted by Gasteiger charge is -2.20. The minimum Gasteiger partial charge on any atom is -0.271 e. The fraction of sp³-hybridized carbons (Fsp3) is 0.500. The Bertz CT molecular complexity index is 615. The molecule has 0 fully saturated rings. The predicted octanol–water partition coefficient (Wildman–Crippen LogP) is 3.47. The summed E-state index contributed by atoms with van der Waals surface area (Å²) in [7, 11) is 0. The van der Waals surface area contributed by atoms with Crippen LogP contribution in [0, 0.1) is 0 Å². The molecule has 1 atom stereocenters. The minimum atomic E-state index is 0.617. The molecule has 0 aliphatic heterocycles. The van der Waals surface area contributed by atoms with Crippen LogP contribution in [0.2, 0.25) is 0 Å². The number of aromatic nitrogens is 4. The Morgan fingerprint density at radius 3 is 2.80 bits per heavy atom. The first-order valence-corrected chi connectivity index (χ1v) is 7.36. The van der Waals surface area contributed by atoms with Gasteiger partial charge in [-0.2, -0.15) is 10.2 Å². The maximum atomic E-state index is 4.82. The number of fused-ring (bicyclic) bond motifs is 1. The average Bonchev–Trinajstić information content (AvgIpc) is 3.05. The zero-order chi connectivity index (χ0) is 14.1. The van der Waals surface area contributed by atoms with Gasteiger partial charge in [-0.3, -0.25) is 9.36 Å². The smallest absolute Gasteiger partial charge is 0.0916 e. The van der Waals surface area contributed by atoms with Gasteiger partial charge in [0.1, 0.15) is 0 Å². The highest BCUT2D eigenvalue weighted by Gasteiger charge is 2.24. The molecule has 1 aliphatic rings. The third-order valence-corrected chi connectivity index (χ3v) is 4.16. The molecule has 2 aromatic heterocycles. The van der Waals surface area contributed by atoms with Crippen molar-refractivity contribution in [2.45, 2.75) is 52.6 Å². The van der Waals surface area contributed by atoms with Gasteiger partial charge in [0.15, 0.2) is 0 Å². The van der Waals surface area contributed by atoms with Crippen LogP contribution in [0.4, 0.5) is 0 Å². The van der Waals surface area contributed by atoms with Crippen LogP contribution in [0.1, 0.15) is 50.8 Å². The van der Waals surface area contributed by atoms with Crippen molar-refractivity contribution in [3.8, 4) is 0 Å². The summed E-state index contributed by atoms with van der Waals surface area (Å²) in [6.07, 6.45) is 8.43. The molecule has 0 spiro atoms. The Labute approximate surface area is 120 Å². The molecule has 0 aromatic carbocycles. The first-order valence-electron chi connectivity index (χ1n) is 7.36. The van der Waals surface area contributed by atoms with Gasteiger partial charge < -0.3 is 0 Å². The second kappa shape index (κ2) is 5.27. The Hall–Kier alpha value is -1.84. The van der Waals surface area contributed by atoms with E-state index in [0.29, 0.717) is 5.92 Å². The van der Waals surface area contributed by atoms with E-state index in [9.17, 15) is 0 Å². The molecule has 0 N–H and O–H groups in total. The molecular formula is C16H22N4. The van der Waals surface area contributed by atoms with Crippen molar-refractivity contribution in [1.82, 2.24) is 19.6 Å². The zero-order valence-corrected chi connectivity index (χ0v) is 12.5. The molecule has 0 radical (unpaired) electrons. The van der Waals surface area contributed by atoms with Crippen LogP contribution in [0.3, 0.4) is 0 Å². The van der Waals surface area contributed by atoms with E-state index in [1.807, 2.05) is 23.1 Å². The summed E-state index contributed by atoms with van der Waals surface area (Å²) >= 11 is 0. The van der Waals surface area contributed by atoms with E-state index in [4.69, 9.17) is 5.10 Å². The van der Waals surface area contributed by atoms with Gasteiger partial charge in [0.2, 0.25) is 0 Å². The van der Waals surface area contributed by atoms with Crippen molar-refractivity contribution in [2.75, 3.05) is 0 Å². The molecule has 0 unspecified atom stereocenters. The number of hydrogen-bond donors (Lipinski definition) is 0. The molecule has 106 valence electrons. The van der Waals surface area contributed by atoms with Gasteiger partial charge in [-0.25, -0.2) is 0 Å². The Balaban J connectivity index is 1.85. The fourth-order valence-corrected chi connectivity index (χ4v) is 2.91. The van der Waals surface area contributed by atoms with E-state index < -0.39 is 0 Å². The molecule has 4 heteroatoms. The summed E-state index contributed by atoms with van der Waals surface area (Å²) in [5.41, 5.74) is 5.48. The second-order valence-electron chi connectivity index (χ2n) is 5.88. The quantitative estimate of drug-likeness (QED) is 0.856. The molecular weight excluding hydrogens is 248 g/mol. The van der Waals surface area contributed by atoms with Crippen molar-refractivity contribution in [3.63, 3.8) is 0 Å². The van der Waals surface area contributed by atoms with Gasteiger partial charge in [-0.1, -0.05) is 12.5 Å². The fourth-order valence-electron chi connectivity index (χ4n) is 2.91. The number of aryl methyl sites for hydroxylation is 2. The third kappa shape index (κ3) is 2.42. The highest BCUT2D eigenvalue weighted by atomic mass is 15.3. The molecule has 20 heavy (non-hydrogen) atoms. The SMILES string of the molecule is CC(C)=C1CC[C@H](C)c2cn(CCn3cccn3)nc21. The number of rotatable bonds is 3. The largest absolute Gasteiger partial charge is 0.271 e. The Kier molecular flexibility index (Phi) is 3.47. The zero-order valence-electron chi connectivity index (χ0n) is 12.5. The van der Waals surface area contributed by atoms with Crippen LogP contribution in [-0.2, 0) is 13.1 Å². The van der Waals surface area contributed by atoms with Crippen molar-refractivity contribution < 1.29 is 0 Å². The summed E-state index contributed by atoms with van der Waals surface area (Å²) in [6, 6.07) is 1.96. The van der Waals surface area contributed by atoms with Crippen LogP contribution >= 0.6 is 0 Å². The molecule has 2 heterocycles. The number of nitrogens with zero attached hydrogens (tertiary/aromatic N) is 4. The topological polar surface area (TPSA) is 35.6 Å². The van der Waals surface area contributed by atoms with E-state index in [0.717, 1.165) is 19.5 Å². The molecule has 2 aromatic rings. The molecule has 1 aliphatic carbocycles. The lowest BCUT2D eigenvalue weighted by atomic mass is 9.84. The van der Waals surface area contributed by atoms with Crippen molar-refractivity contribution in [2.24, 2.45) is 0 Å². The summed E-state index contributed by atoms with van der Waals surface area (Å²) < 4.78 is 4.03. The van der Waals surface area contributed by atoms with Crippen LogP contribution in [0.25, 0.3) is 5.57 Å². The molecule has 0 bridgehead atoms. The van der Waals surface area contributed by atoms with Gasteiger partial charge in [0, 0.05) is 24.2 Å². The third-order valence-electron chi connectivity index (χ3n) is 4.16. The Morgan fingerprint density at radius 1 is 1.30 bits per heavy atom. The summed E-state index contributed by atoms with van der Waals surface area (Å²) in [5, 5.41) is 9.06. The van der Waals surface area contributed by atoms with Gasteiger partial charge in [0.05, 0.1) is 18.8 Å². The lowest BCUT2D eigenvalue weighted by Crippen LogP contribution is -2.08. The van der Waals surface area contributed by atoms with Gasteiger partial charge >= 0.3 is 0 Å². The second-order valence-corrected chi connectivity index (χ2v) is 5.88. The summed E-state index contributed by atoms with van der Waals surface area (Å²) in [6.45, 7) is 8.43. The molecule has 3 rings (SSSR count). The van der Waals surface area contributed by atoms with E-state index in [1.54, 1.807) is 0 Å². The number of allylic oxidation sites excluding steroid dienone is 2. The first-order chi connectivity index (χ1) is 9.65. The molecule has 0 saturated carbocycles. The molecule has 0 amide bonds. The van der Waals surface area contributed by atoms with Crippen LogP contribution in [0.5, 0.6) is 0 Å². The monoisotopic (exact) mass is 270 g/mol. The first kappa shape index (κ1) is 13.2. The lowest BCUT2D eigenvalue weighted by molar-refractivity contribution is 0.499. The molecule has 4 nitrogen and oxygen atoms in total. The predicted molar refractivity (Wildman–Crippen MR) is 80.4 cm³/mol. The van der Waals surface area contributed by atoms with E-state index in [2.05, 4.69) is 36.7 Å². The standard InChI is InChI=1S/C16H22N4/c1-12(2)14-6-5-13(3)15-11-20(18-16(14)15)10-9-19-8-4-7-17-19/h4,7-8,11,13H,5-6,9-10H2,1-3H3/t13-/m0/s1. The van der Waals surface area contributed by atoms with Crippen molar-refractivity contribution >= 4 is 5.57 Å². The van der Waals surface area contributed by atoms with Crippen molar-refractivity contribution in [3.05, 3.63) is 41.5 Å². The highest BCUT2D eigenvalue weighted by Crippen LogP contribution is 2.38. The van der Waals surface area contributed by atoms with Crippen LogP contribution in [-0.4, -0.2) is 19.6 Å². The molecule has 0 saturated heterocycles. The Morgan fingerprint density at radius 2 is 2.10 bits per heavy atom. The van der Waals surface area contributed by atoms with Crippen LogP contribution in [0.15, 0.2) is 30.2 Å². The van der Waals surface area contributed by atoms with Gasteiger partial charge in [-0.15, -0.1) is 0 Å². The van der Waals surface area contributed by atoms with Gasteiger partial charge in [0.25, 0.3) is 0 Å². The maximum absolute atomic E-state index is 4.82. The number of hydrogen-bond acceptors (Lipinski definition) is 2. The van der Waals surface area contributed by atoms with Crippen LogP contribution < -0.4 is 0 Å². The summed E-state index contributed by atoms with van der Waals surface area (Å²) in [4.78, 5) is 0. The minimum absolute atomic E-state index is 0.617. The van der Waals surface area contributed by atoms with E-state index in [1.165, 1.54) is 28.8 Å². The van der Waals surface area contributed by atoms with E-state index >= 15 is 0 Å². The van der Waals surface area contributed by atoms with Crippen molar-refractivity contribution in [1.29, 1.82) is 0 Å². The summed E-state index contributed by atoms with van der Waals surface area (Å²) in [5.74, 6) is 0.617.